The van der Waals surface area contributed by atoms with Crippen molar-refractivity contribution in [2.24, 2.45) is 0 Å². The van der Waals surface area contributed by atoms with Crippen LogP contribution in [0.2, 0.25) is 5.02 Å². The molecule has 0 amide bonds. The molecule has 0 saturated heterocycles. The highest BCUT2D eigenvalue weighted by Crippen LogP contribution is 2.32. The number of rotatable bonds is 4. The summed E-state index contributed by atoms with van der Waals surface area (Å²) in [4.78, 5) is 0. The van der Waals surface area contributed by atoms with Gasteiger partial charge < -0.3 is 14.2 Å². The van der Waals surface area contributed by atoms with E-state index in [9.17, 15) is 0 Å². The molecule has 0 N–H and O–H groups in total. The van der Waals surface area contributed by atoms with Crippen molar-refractivity contribution in [1.29, 1.82) is 5.26 Å². The summed E-state index contributed by atoms with van der Waals surface area (Å²) in [5.74, 6) is 2.34. The van der Waals surface area contributed by atoms with Gasteiger partial charge in [0.1, 0.15) is 29.1 Å². The third-order valence-corrected chi connectivity index (χ3v) is 2.93. The molecule has 0 spiro atoms. The molecule has 4 nitrogen and oxygen atoms in total. The van der Waals surface area contributed by atoms with E-state index in [1.807, 2.05) is 6.07 Å². The van der Waals surface area contributed by atoms with Crippen molar-refractivity contribution in [2.75, 3.05) is 14.2 Å². The van der Waals surface area contributed by atoms with Crippen molar-refractivity contribution < 1.29 is 14.2 Å². The third-order valence-electron chi connectivity index (χ3n) is 2.62. The van der Waals surface area contributed by atoms with Crippen LogP contribution in [0, 0.1) is 11.3 Å². The SMILES string of the molecule is COc1cc(OC)cc(Oc2ccc(C#N)c(Cl)c2)c1. The van der Waals surface area contributed by atoms with E-state index in [2.05, 4.69) is 0 Å². The maximum atomic E-state index is 8.83. The molecule has 0 radical (unpaired) electrons. The molecular formula is C15H12ClNO3. The van der Waals surface area contributed by atoms with Crippen molar-refractivity contribution in [1.82, 2.24) is 0 Å². The highest BCUT2D eigenvalue weighted by atomic mass is 35.5. The van der Waals surface area contributed by atoms with E-state index in [0.717, 1.165) is 0 Å². The molecule has 0 bridgehead atoms. The van der Waals surface area contributed by atoms with E-state index >= 15 is 0 Å². The lowest BCUT2D eigenvalue weighted by Gasteiger charge is -2.10. The van der Waals surface area contributed by atoms with Gasteiger partial charge in [-0.2, -0.15) is 5.26 Å². The molecule has 0 heterocycles. The van der Waals surface area contributed by atoms with Crippen LogP contribution in [0.25, 0.3) is 0 Å². The van der Waals surface area contributed by atoms with Gasteiger partial charge >= 0.3 is 0 Å². The van der Waals surface area contributed by atoms with Gasteiger partial charge in [-0.3, -0.25) is 0 Å². The Morgan fingerprint density at radius 1 is 0.900 bits per heavy atom. The number of halogens is 1. The molecule has 20 heavy (non-hydrogen) atoms. The quantitative estimate of drug-likeness (QED) is 0.853. The fraction of sp³-hybridized carbons (Fsp3) is 0.133. The summed E-state index contributed by atoms with van der Waals surface area (Å²) in [7, 11) is 3.13. The number of methoxy groups -OCH3 is 2. The van der Waals surface area contributed by atoms with Gasteiger partial charge in [0.2, 0.25) is 0 Å². The Morgan fingerprint density at radius 2 is 1.50 bits per heavy atom. The van der Waals surface area contributed by atoms with Crippen LogP contribution in [0.1, 0.15) is 5.56 Å². The second-order valence-corrected chi connectivity index (χ2v) is 4.31. The Balaban J connectivity index is 2.30. The van der Waals surface area contributed by atoms with Crippen molar-refractivity contribution in [3.05, 3.63) is 47.0 Å². The summed E-state index contributed by atoms with van der Waals surface area (Å²) < 4.78 is 16.0. The zero-order chi connectivity index (χ0) is 14.5. The lowest BCUT2D eigenvalue weighted by atomic mass is 10.2. The zero-order valence-electron chi connectivity index (χ0n) is 11.0. The summed E-state index contributed by atoms with van der Waals surface area (Å²) >= 11 is 5.96. The first kappa shape index (κ1) is 14.0. The van der Waals surface area contributed by atoms with Gasteiger partial charge in [0.25, 0.3) is 0 Å². The van der Waals surface area contributed by atoms with Gasteiger partial charge in [-0.15, -0.1) is 0 Å². The van der Waals surface area contributed by atoms with Gasteiger partial charge in [0.15, 0.2) is 0 Å². The smallest absolute Gasteiger partial charge is 0.134 e. The van der Waals surface area contributed by atoms with Crippen LogP contribution in [-0.4, -0.2) is 14.2 Å². The maximum Gasteiger partial charge on any atom is 0.134 e. The number of ether oxygens (including phenoxy) is 3. The predicted molar refractivity (Wildman–Crippen MR) is 75.8 cm³/mol. The standard InChI is InChI=1S/C15H12ClNO3/c1-18-12-5-13(19-2)7-14(6-12)20-11-4-3-10(9-17)15(16)8-11/h3-8H,1-2H3. The van der Waals surface area contributed by atoms with Crippen molar-refractivity contribution in [3.8, 4) is 29.1 Å². The summed E-state index contributed by atoms with van der Waals surface area (Å²) in [6.07, 6.45) is 0. The molecule has 0 fully saturated rings. The summed E-state index contributed by atoms with van der Waals surface area (Å²) in [6, 6.07) is 12.1. The van der Waals surface area contributed by atoms with Crippen LogP contribution in [0.5, 0.6) is 23.0 Å². The molecule has 5 heteroatoms. The van der Waals surface area contributed by atoms with Crippen LogP contribution < -0.4 is 14.2 Å². The summed E-state index contributed by atoms with van der Waals surface area (Å²) in [6.45, 7) is 0. The van der Waals surface area contributed by atoms with Crippen molar-refractivity contribution in [3.63, 3.8) is 0 Å². The lowest BCUT2D eigenvalue weighted by Crippen LogP contribution is -1.90. The van der Waals surface area contributed by atoms with Gasteiger partial charge in [0, 0.05) is 24.3 Å². The van der Waals surface area contributed by atoms with E-state index in [4.69, 9.17) is 31.1 Å². The van der Waals surface area contributed by atoms with Crippen molar-refractivity contribution >= 4 is 11.6 Å². The van der Waals surface area contributed by atoms with Gasteiger partial charge in [0.05, 0.1) is 24.8 Å². The highest BCUT2D eigenvalue weighted by Gasteiger charge is 2.06. The summed E-state index contributed by atoms with van der Waals surface area (Å²) in [5.41, 5.74) is 0.405. The number of nitriles is 1. The molecule has 0 aromatic heterocycles. The lowest BCUT2D eigenvalue weighted by molar-refractivity contribution is 0.386. The molecular weight excluding hydrogens is 278 g/mol. The average molecular weight is 290 g/mol. The first-order valence-corrected chi connectivity index (χ1v) is 6.14. The van der Waals surface area contributed by atoms with E-state index in [1.165, 1.54) is 0 Å². The van der Waals surface area contributed by atoms with Crippen LogP contribution in [0.3, 0.4) is 0 Å². The number of hydrogen-bond acceptors (Lipinski definition) is 4. The average Bonchev–Trinajstić information content (AvgIpc) is 2.47. The molecule has 102 valence electrons. The fourth-order valence-electron chi connectivity index (χ4n) is 1.63. The largest absolute Gasteiger partial charge is 0.496 e. The maximum absolute atomic E-state index is 8.83. The topological polar surface area (TPSA) is 51.5 Å². The fourth-order valence-corrected chi connectivity index (χ4v) is 1.84. The van der Waals surface area contributed by atoms with Gasteiger partial charge in [-0.25, -0.2) is 0 Å². The zero-order valence-corrected chi connectivity index (χ0v) is 11.8. The second-order valence-electron chi connectivity index (χ2n) is 3.90. The number of nitrogens with zero attached hydrogens (tertiary/aromatic N) is 1. The number of benzene rings is 2. The Labute approximate surface area is 122 Å². The number of hydrogen-bond donors (Lipinski definition) is 0. The monoisotopic (exact) mass is 289 g/mol. The van der Waals surface area contributed by atoms with E-state index in [-0.39, 0.29) is 0 Å². The molecule has 0 aliphatic rings. The van der Waals surface area contributed by atoms with Crippen molar-refractivity contribution in [2.45, 2.75) is 0 Å². The normalized spacial score (nSPS) is 9.70. The Kier molecular flexibility index (Phi) is 4.34. The Bertz CT molecular complexity index is 642. The van der Waals surface area contributed by atoms with Crippen LogP contribution in [0.15, 0.2) is 36.4 Å². The minimum Gasteiger partial charge on any atom is -0.496 e. The molecule has 2 aromatic rings. The Morgan fingerprint density at radius 3 is 2.00 bits per heavy atom. The minimum atomic E-state index is 0.347. The van der Waals surface area contributed by atoms with Gasteiger partial charge in [-0.1, -0.05) is 11.6 Å². The third kappa shape index (κ3) is 3.14. The summed E-state index contributed by atoms with van der Waals surface area (Å²) in [5, 5.41) is 9.17. The second kappa shape index (κ2) is 6.18. The Hall–Kier alpha value is -2.38. The molecule has 0 atom stereocenters. The van der Waals surface area contributed by atoms with E-state index < -0.39 is 0 Å². The minimum absolute atomic E-state index is 0.347. The molecule has 2 rings (SSSR count). The molecule has 0 aliphatic heterocycles. The molecule has 0 aliphatic carbocycles. The van der Waals surface area contributed by atoms with Crippen LogP contribution in [0.4, 0.5) is 0 Å². The van der Waals surface area contributed by atoms with Crippen LogP contribution in [-0.2, 0) is 0 Å². The van der Waals surface area contributed by atoms with Crippen LogP contribution >= 0.6 is 11.6 Å². The molecule has 0 unspecified atom stereocenters. The predicted octanol–water partition coefficient (Wildman–Crippen LogP) is 4.02. The first-order chi connectivity index (χ1) is 9.66. The first-order valence-electron chi connectivity index (χ1n) is 5.77. The molecule has 0 saturated carbocycles. The molecule has 2 aromatic carbocycles. The van der Waals surface area contributed by atoms with Gasteiger partial charge in [-0.05, 0) is 12.1 Å². The van der Waals surface area contributed by atoms with E-state index in [0.29, 0.717) is 33.6 Å². The highest BCUT2D eigenvalue weighted by molar-refractivity contribution is 6.31. The van der Waals surface area contributed by atoms with E-state index in [1.54, 1.807) is 50.6 Å².